The fraction of sp³-hybridized carbons (Fsp3) is 0.300. The first-order chi connectivity index (χ1) is 10.3. The predicted molar refractivity (Wildman–Crippen MR) is 95.3 cm³/mol. The van der Waals surface area contributed by atoms with Crippen molar-refractivity contribution >= 4 is 21.4 Å². The first-order valence-corrected chi connectivity index (χ1v) is 8.73. The lowest BCUT2D eigenvalue weighted by atomic mass is 10.1. The van der Waals surface area contributed by atoms with Gasteiger partial charge in [-0.1, -0.05) is 63.1 Å². The molecule has 21 heavy (non-hydrogen) atoms. The maximum Gasteiger partial charge on any atom is 0.0355 e. The molecule has 0 unspecified atom stereocenters. The van der Waals surface area contributed by atoms with Crippen LogP contribution in [-0.2, 0) is 12.8 Å². The van der Waals surface area contributed by atoms with Crippen LogP contribution in [0.25, 0.3) is 20.5 Å². The molecule has 0 saturated carbocycles. The summed E-state index contributed by atoms with van der Waals surface area (Å²) in [6, 6.07) is 18.3. The van der Waals surface area contributed by atoms with Gasteiger partial charge < -0.3 is 0 Å². The molecule has 108 valence electrons. The standard InChI is InChI=1S/C20H22S/c1-3-5-15-7-10-17(11-8-15)20-14-18-12-9-16(6-4-2)13-19(18)21-20/h7-14H,3-6H2,1-2H3. The molecule has 0 amide bonds. The van der Waals surface area contributed by atoms with Crippen molar-refractivity contribution in [2.24, 2.45) is 0 Å². The minimum absolute atomic E-state index is 1.17. The molecule has 2 aromatic carbocycles. The Labute approximate surface area is 131 Å². The molecular weight excluding hydrogens is 272 g/mol. The highest BCUT2D eigenvalue weighted by Gasteiger charge is 2.05. The highest BCUT2D eigenvalue weighted by Crippen LogP contribution is 2.34. The van der Waals surface area contributed by atoms with E-state index >= 15 is 0 Å². The second-order valence-corrected chi connectivity index (χ2v) is 6.76. The largest absolute Gasteiger partial charge is 0.135 e. The normalized spacial score (nSPS) is 11.1. The van der Waals surface area contributed by atoms with E-state index in [-0.39, 0.29) is 0 Å². The topological polar surface area (TPSA) is 0 Å². The molecule has 0 aliphatic carbocycles. The Bertz CT molecular complexity index is 719. The average molecular weight is 294 g/mol. The van der Waals surface area contributed by atoms with Gasteiger partial charge >= 0.3 is 0 Å². The zero-order chi connectivity index (χ0) is 14.7. The summed E-state index contributed by atoms with van der Waals surface area (Å²) in [5.41, 5.74) is 4.23. The van der Waals surface area contributed by atoms with Crippen LogP contribution in [0.4, 0.5) is 0 Å². The fourth-order valence-electron chi connectivity index (χ4n) is 2.79. The molecule has 1 heterocycles. The average Bonchev–Trinajstić information content (AvgIpc) is 2.92. The number of benzene rings is 2. The van der Waals surface area contributed by atoms with Gasteiger partial charge in [0, 0.05) is 9.58 Å². The predicted octanol–water partition coefficient (Wildman–Crippen LogP) is 6.47. The molecule has 0 N–H and O–H groups in total. The van der Waals surface area contributed by atoms with Crippen molar-refractivity contribution in [3.63, 3.8) is 0 Å². The van der Waals surface area contributed by atoms with Crippen LogP contribution >= 0.6 is 11.3 Å². The van der Waals surface area contributed by atoms with Crippen LogP contribution in [0.15, 0.2) is 48.5 Å². The molecule has 0 fully saturated rings. The summed E-state index contributed by atoms with van der Waals surface area (Å²) in [6.45, 7) is 4.47. The number of rotatable bonds is 5. The van der Waals surface area contributed by atoms with Gasteiger partial charge in [-0.05, 0) is 47.1 Å². The molecule has 0 radical (unpaired) electrons. The van der Waals surface area contributed by atoms with Crippen LogP contribution < -0.4 is 0 Å². The van der Waals surface area contributed by atoms with E-state index in [1.54, 1.807) is 0 Å². The van der Waals surface area contributed by atoms with Gasteiger partial charge in [-0.2, -0.15) is 0 Å². The second kappa shape index (κ2) is 6.44. The van der Waals surface area contributed by atoms with Crippen molar-refractivity contribution in [2.75, 3.05) is 0 Å². The van der Waals surface area contributed by atoms with Crippen molar-refractivity contribution < 1.29 is 0 Å². The molecule has 1 aromatic heterocycles. The highest BCUT2D eigenvalue weighted by atomic mass is 32.1. The van der Waals surface area contributed by atoms with Gasteiger partial charge in [0.25, 0.3) is 0 Å². The molecule has 3 aromatic rings. The van der Waals surface area contributed by atoms with Crippen molar-refractivity contribution in [2.45, 2.75) is 39.5 Å². The lowest BCUT2D eigenvalue weighted by Gasteiger charge is -2.00. The van der Waals surface area contributed by atoms with E-state index in [0.29, 0.717) is 0 Å². The Kier molecular flexibility index (Phi) is 4.40. The summed E-state index contributed by atoms with van der Waals surface area (Å²) in [5.74, 6) is 0. The van der Waals surface area contributed by atoms with Crippen molar-refractivity contribution in [3.05, 3.63) is 59.7 Å². The van der Waals surface area contributed by atoms with Gasteiger partial charge in [0.05, 0.1) is 0 Å². The van der Waals surface area contributed by atoms with Gasteiger partial charge in [0.2, 0.25) is 0 Å². The Balaban J connectivity index is 1.92. The van der Waals surface area contributed by atoms with Crippen molar-refractivity contribution in [1.82, 2.24) is 0 Å². The van der Waals surface area contributed by atoms with E-state index < -0.39 is 0 Å². The number of aryl methyl sites for hydroxylation is 2. The van der Waals surface area contributed by atoms with Crippen molar-refractivity contribution in [1.29, 1.82) is 0 Å². The summed E-state index contributed by atoms with van der Waals surface area (Å²) in [6.07, 6.45) is 4.77. The molecule has 3 rings (SSSR count). The third-order valence-electron chi connectivity index (χ3n) is 3.90. The van der Waals surface area contributed by atoms with E-state index in [2.05, 4.69) is 62.4 Å². The zero-order valence-corrected chi connectivity index (χ0v) is 13.7. The minimum atomic E-state index is 1.17. The van der Waals surface area contributed by atoms with Crippen LogP contribution in [0.1, 0.15) is 37.8 Å². The molecule has 1 heteroatoms. The van der Waals surface area contributed by atoms with E-state index in [0.717, 1.165) is 0 Å². The smallest absolute Gasteiger partial charge is 0.0355 e. The molecule has 0 bridgehead atoms. The van der Waals surface area contributed by atoms with E-state index in [4.69, 9.17) is 0 Å². The van der Waals surface area contributed by atoms with Gasteiger partial charge in [-0.25, -0.2) is 0 Å². The summed E-state index contributed by atoms with van der Waals surface area (Å²) >= 11 is 1.91. The SMILES string of the molecule is CCCc1ccc(-c2cc3ccc(CCC)cc3s2)cc1. The first-order valence-electron chi connectivity index (χ1n) is 7.92. The summed E-state index contributed by atoms with van der Waals surface area (Å²) < 4.78 is 1.41. The third-order valence-corrected chi connectivity index (χ3v) is 5.05. The van der Waals surface area contributed by atoms with E-state index in [1.807, 2.05) is 11.3 Å². The van der Waals surface area contributed by atoms with Crippen LogP contribution in [-0.4, -0.2) is 0 Å². The Hall–Kier alpha value is -1.60. The van der Waals surface area contributed by atoms with Crippen LogP contribution in [0.3, 0.4) is 0 Å². The lowest BCUT2D eigenvalue weighted by Crippen LogP contribution is -1.81. The molecule has 0 aliphatic rings. The van der Waals surface area contributed by atoms with Gasteiger partial charge in [-0.3, -0.25) is 0 Å². The number of fused-ring (bicyclic) bond motifs is 1. The summed E-state index contributed by atoms with van der Waals surface area (Å²) in [5, 5.41) is 1.37. The number of hydrogen-bond donors (Lipinski definition) is 0. The third kappa shape index (κ3) is 3.19. The summed E-state index contributed by atoms with van der Waals surface area (Å²) in [4.78, 5) is 1.38. The maximum atomic E-state index is 2.36. The fourth-order valence-corrected chi connectivity index (χ4v) is 3.92. The molecule has 0 spiro atoms. The highest BCUT2D eigenvalue weighted by molar-refractivity contribution is 7.22. The lowest BCUT2D eigenvalue weighted by molar-refractivity contribution is 0.922. The summed E-state index contributed by atoms with van der Waals surface area (Å²) in [7, 11) is 0. The van der Waals surface area contributed by atoms with Crippen molar-refractivity contribution in [3.8, 4) is 10.4 Å². The molecule has 0 nitrogen and oxygen atoms in total. The minimum Gasteiger partial charge on any atom is -0.135 e. The van der Waals surface area contributed by atoms with Gasteiger partial charge in [0.15, 0.2) is 0 Å². The number of thiophene rings is 1. The molecule has 0 saturated heterocycles. The second-order valence-electron chi connectivity index (χ2n) is 5.68. The van der Waals surface area contributed by atoms with Crippen LogP contribution in [0.2, 0.25) is 0 Å². The van der Waals surface area contributed by atoms with Crippen LogP contribution in [0, 0.1) is 0 Å². The molecule has 0 aliphatic heterocycles. The first kappa shape index (κ1) is 14.3. The Morgan fingerprint density at radius 3 is 2.14 bits per heavy atom. The Morgan fingerprint density at radius 1 is 0.762 bits per heavy atom. The quantitative estimate of drug-likeness (QED) is 0.505. The van der Waals surface area contributed by atoms with Crippen LogP contribution in [0.5, 0.6) is 0 Å². The molecule has 0 atom stereocenters. The van der Waals surface area contributed by atoms with E-state index in [9.17, 15) is 0 Å². The molecular formula is C20H22S. The monoisotopic (exact) mass is 294 g/mol. The number of hydrogen-bond acceptors (Lipinski definition) is 1. The van der Waals surface area contributed by atoms with Gasteiger partial charge in [0.1, 0.15) is 0 Å². The maximum absolute atomic E-state index is 2.36. The van der Waals surface area contributed by atoms with E-state index in [1.165, 1.54) is 57.3 Å². The zero-order valence-electron chi connectivity index (χ0n) is 12.9. The van der Waals surface area contributed by atoms with Gasteiger partial charge in [-0.15, -0.1) is 11.3 Å². The Morgan fingerprint density at radius 2 is 1.43 bits per heavy atom.